The summed E-state index contributed by atoms with van der Waals surface area (Å²) in [5.41, 5.74) is 4.43. The molecule has 3 unspecified atom stereocenters. The van der Waals surface area contributed by atoms with Crippen molar-refractivity contribution in [3.63, 3.8) is 0 Å². The van der Waals surface area contributed by atoms with Crippen LogP contribution in [0.2, 0.25) is 0 Å². The third kappa shape index (κ3) is 2.54. The zero-order valence-corrected chi connectivity index (χ0v) is 14.6. The van der Waals surface area contributed by atoms with Gasteiger partial charge in [-0.2, -0.15) is 5.10 Å². The van der Waals surface area contributed by atoms with Crippen LogP contribution in [0.4, 0.5) is 5.69 Å². The summed E-state index contributed by atoms with van der Waals surface area (Å²) in [6, 6.07) is 6.38. The lowest BCUT2D eigenvalue weighted by molar-refractivity contribution is 0.102. The summed E-state index contributed by atoms with van der Waals surface area (Å²) < 4.78 is 1.66. The molecule has 1 fully saturated rings. The van der Waals surface area contributed by atoms with Crippen molar-refractivity contribution in [2.75, 3.05) is 5.32 Å². The first kappa shape index (κ1) is 15.4. The van der Waals surface area contributed by atoms with Crippen LogP contribution >= 0.6 is 0 Å². The van der Waals surface area contributed by atoms with Crippen molar-refractivity contribution in [2.45, 2.75) is 39.0 Å². The fraction of sp³-hybridized carbons (Fsp3) is 0.500. The average molecular weight is 323 g/mol. The second kappa shape index (κ2) is 5.76. The Morgan fingerprint density at radius 2 is 2.21 bits per heavy atom. The number of carbonyl (C=O) groups is 1. The average Bonchev–Trinajstić information content (AvgIpc) is 3.13. The number of nitrogens with one attached hydrogen (secondary N) is 1. The van der Waals surface area contributed by atoms with E-state index < -0.39 is 0 Å². The molecule has 1 heterocycles. The van der Waals surface area contributed by atoms with E-state index in [2.05, 4.69) is 42.5 Å². The van der Waals surface area contributed by atoms with Gasteiger partial charge in [0.2, 0.25) is 0 Å². The lowest BCUT2D eigenvalue weighted by Gasteiger charge is -2.16. The molecule has 2 aromatic rings. The zero-order valence-electron chi connectivity index (χ0n) is 14.6. The van der Waals surface area contributed by atoms with Crippen molar-refractivity contribution >= 4 is 11.6 Å². The number of aryl methyl sites for hydroxylation is 2. The highest BCUT2D eigenvalue weighted by Gasteiger charge is 2.53. The SMILES string of the molecule is CC(C)C1C2CCCc3cccc(NC(=O)c4cnn(C)c4)c3C21. The van der Waals surface area contributed by atoms with Gasteiger partial charge < -0.3 is 5.32 Å². The number of hydrogen-bond acceptors (Lipinski definition) is 2. The zero-order chi connectivity index (χ0) is 16.8. The molecule has 1 saturated carbocycles. The number of amides is 1. The highest BCUT2D eigenvalue weighted by atomic mass is 16.1. The van der Waals surface area contributed by atoms with Crippen LogP contribution in [-0.2, 0) is 13.5 Å². The van der Waals surface area contributed by atoms with Crippen LogP contribution in [0.1, 0.15) is 54.1 Å². The maximum Gasteiger partial charge on any atom is 0.258 e. The Labute approximate surface area is 143 Å². The van der Waals surface area contributed by atoms with E-state index in [1.807, 2.05) is 7.05 Å². The smallest absolute Gasteiger partial charge is 0.258 e. The van der Waals surface area contributed by atoms with Crippen molar-refractivity contribution in [1.29, 1.82) is 0 Å². The van der Waals surface area contributed by atoms with Crippen LogP contribution in [0, 0.1) is 17.8 Å². The van der Waals surface area contributed by atoms with Crippen LogP contribution in [0.25, 0.3) is 0 Å². The molecule has 24 heavy (non-hydrogen) atoms. The summed E-state index contributed by atoms with van der Waals surface area (Å²) in [5.74, 6) is 2.81. The van der Waals surface area contributed by atoms with Gasteiger partial charge in [0.05, 0.1) is 11.8 Å². The summed E-state index contributed by atoms with van der Waals surface area (Å²) >= 11 is 0. The van der Waals surface area contributed by atoms with Crippen molar-refractivity contribution in [1.82, 2.24) is 9.78 Å². The lowest BCUT2D eigenvalue weighted by Crippen LogP contribution is -2.13. The molecule has 0 aliphatic heterocycles. The number of aromatic nitrogens is 2. The first-order valence-electron chi connectivity index (χ1n) is 8.98. The van der Waals surface area contributed by atoms with E-state index in [4.69, 9.17) is 0 Å². The predicted molar refractivity (Wildman–Crippen MR) is 95.1 cm³/mol. The standard InChI is InChI=1S/C20H25N3O/c1-12(2)17-15-8-4-6-13-7-5-9-16(18(13)19(15)17)22-20(24)14-10-21-23(3)11-14/h5,7,9-12,15,17,19H,4,6,8H2,1-3H3,(H,22,24). The summed E-state index contributed by atoms with van der Waals surface area (Å²) in [7, 11) is 1.83. The monoisotopic (exact) mass is 323 g/mol. The first-order chi connectivity index (χ1) is 11.6. The van der Waals surface area contributed by atoms with E-state index in [9.17, 15) is 4.79 Å². The minimum Gasteiger partial charge on any atom is -0.322 e. The number of nitrogens with zero attached hydrogens (tertiary/aromatic N) is 2. The van der Waals surface area contributed by atoms with Gasteiger partial charge in [-0.3, -0.25) is 9.48 Å². The van der Waals surface area contributed by atoms with Crippen LogP contribution in [0.3, 0.4) is 0 Å². The maximum absolute atomic E-state index is 12.6. The van der Waals surface area contributed by atoms with Gasteiger partial charge in [-0.15, -0.1) is 0 Å². The van der Waals surface area contributed by atoms with Gasteiger partial charge in [-0.25, -0.2) is 0 Å². The van der Waals surface area contributed by atoms with Gasteiger partial charge in [0.1, 0.15) is 0 Å². The van der Waals surface area contributed by atoms with Crippen LogP contribution in [0.15, 0.2) is 30.6 Å². The van der Waals surface area contributed by atoms with E-state index in [1.54, 1.807) is 17.1 Å². The molecule has 4 heteroatoms. The number of rotatable bonds is 3. The minimum atomic E-state index is -0.0703. The Morgan fingerprint density at radius 3 is 2.92 bits per heavy atom. The number of hydrogen-bond donors (Lipinski definition) is 1. The fourth-order valence-electron chi connectivity index (χ4n) is 4.68. The highest BCUT2D eigenvalue weighted by Crippen LogP contribution is 2.63. The largest absolute Gasteiger partial charge is 0.322 e. The van der Waals surface area contributed by atoms with Crippen molar-refractivity contribution in [3.8, 4) is 0 Å². The second-order valence-corrected chi connectivity index (χ2v) is 7.64. The molecule has 0 spiro atoms. The molecule has 0 saturated heterocycles. The summed E-state index contributed by atoms with van der Waals surface area (Å²) in [6.45, 7) is 4.66. The number of fused-ring (bicyclic) bond motifs is 3. The van der Waals surface area contributed by atoms with E-state index in [0.29, 0.717) is 17.4 Å². The molecule has 1 aromatic heterocycles. The summed E-state index contributed by atoms with van der Waals surface area (Å²) in [5, 5.41) is 7.25. The molecule has 2 aliphatic rings. The Hall–Kier alpha value is -2.10. The molecule has 2 aliphatic carbocycles. The molecular weight excluding hydrogens is 298 g/mol. The van der Waals surface area contributed by atoms with Gasteiger partial charge in [-0.05, 0) is 60.1 Å². The topological polar surface area (TPSA) is 46.9 Å². The van der Waals surface area contributed by atoms with Gasteiger partial charge in [0.15, 0.2) is 0 Å². The van der Waals surface area contributed by atoms with Gasteiger partial charge >= 0.3 is 0 Å². The lowest BCUT2D eigenvalue weighted by atomic mass is 9.94. The molecule has 1 aromatic carbocycles. The highest BCUT2D eigenvalue weighted by molar-refractivity contribution is 6.04. The van der Waals surface area contributed by atoms with E-state index >= 15 is 0 Å². The normalized spacial score (nSPS) is 24.9. The maximum atomic E-state index is 12.6. The second-order valence-electron chi connectivity index (χ2n) is 7.64. The third-order valence-electron chi connectivity index (χ3n) is 5.73. The van der Waals surface area contributed by atoms with Gasteiger partial charge in [0.25, 0.3) is 5.91 Å². The van der Waals surface area contributed by atoms with E-state index in [0.717, 1.165) is 23.9 Å². The fourth-order valence-corrected chi connectivity index (χ4v) is 4.68. The molecule has 1 amide bonds. The molecular formula is C20H25N3O. The minimum absolute atomic E-state index is 0.0703. The molecule has 0 bridgehead atoms. The Morgan fingerprint density at radius 1 is 1.38 bits per heavy atom. The summed E-state index contributed by atoms with van der Waals surface area (Å²) in [6.07, 6.45) is 7.08. The predicted octanol–water partition coefficient (Wildman–Crippen LogP) is 3.99. The van der Waals surface area contributed by atoms with Crippen LogP contribution in [-0.4, -0.2) is 15.7 Å². The Balaban J connectivity index is 1.67. The Bertz CT molecular complexity index is 777. The van der Waals surface area contributed by atoms with Crippen molar-refractivity contribution in [3.05, 3.63) is 47.3 Å². The van der Waals surface area contributed by atoms with Crippen molar-refractivity contribution < 1.29 is 4.79 Å². The van der Waals surface area contributed by atoms with Gasteiger partial charge in [0, 0.05) is 18.9 Å². The van der Waals surface area contributed by atoms with Gasteiger partial charge in [-0.1, -0.05) is 26.0 Å². The number of anilines is 1. The molecule has 0 radical (unpaired) electrons. The molecule has 4 nitrogen and oxygen atoms in total. The van der Waals surface area contributed by atoms with Crippen LogP contribution < -0.4 is 5.32 Å². The van der Waals surface area contributed by atoms with E-state index in [-0.39, 0.29) is 5.91 Å². The first-order valence-corrected chi connectivity index (χ1v) is 8.98. The quantitative estimate of drug-likeness (QED) is 0.928. The Kier molecular flexibility index (Phi) is 3.70. The third-order valence-corrected chi connectivity index (χ3v) is 5.73. The molecule has 3 atom stereocenters. The molecule has 1 N–H and O–H groups in total. The summed E-state index contributed by atoms with van der Waals surface area (Å²) in [4.78, 5) is 12.6. The van der Waals surface area contributed by atoms with Crippen LogP contribution in [0.5, 0.6) is 0 Å². The number of carbonyl (C=O) groups excluding carboxylic acids is 1. The number of benzene rings is 1. The van der Waals surface area contributed by atoms with Crippen molar-refractivity contribution in [2.24, 2.45) is 24.8 Å². The molecule has 126 valence electrons. The molecule has 4 rings (SSSR count). The van der Waals surface area contributed by atoms with E-state index in [1.165, 1.54) is 24.0 Å².